The van der Waals surface area contributed by atoms with E-state index in [1.165, 1.54) is 23.9 Å². The number of rotatable bonds is 5. The Balaban J connectivity index is 2.00. The first-order chi connectivity index (χ1) is 12.9. The van der Waals surface area contributed by atoms with Crippen molar-refractivity contribution in [2.75, 3.05) is 7.05 Å². The molecule has 0 saturated heterocycles. The third-order valence-electron chi connectivity index (χ3n) is 4.89. The van der Waals surface area contributed by atoms with Crippen LogP contribution in [0, 0.1) is 0 Å². The molecule has 0 radical (unpaired) electrons. The third-order valence-corrected chi connectivity index (χ3v) is 4.89. The molecule has 7 heteroatoms. The standard InChI is InChI=1S/C20H22FN3O3/c1-12(13-6-4-3-5-7-13)24-11-14(8-17(20(24)27)19(26)22-2)18(25)23-16-9-15(21)10-16/h3-8,11-12,15-16H,9-10H2,1-2H3,(H,22,26)(H,23,25)/t12-,15?,16?/m1/s1. The Labute approximate surface area is 156 Å². The van der Waals surface area contributed by atoms with Gasteiger partial charge in [0.1, 0.15) is 11.7 Å². The summed E-state index contributed by atoms with van der Waals surface area (Å²) in [6.45, 7) is 1.83. The van der Waals surface area contributed by atoms with Gasteiger partial charge >= 0.3 is 0 Å². The molecule has 2 amide bonds. The van der Waals surface area contributed by atoms with Gasteiger partial charge in [0, 0.05) is 19.3 Å². The van der Waals surface area contributed by atoms with Gasteiger partial charge in [-0.1, -0.05) is 30.3 Å². The van der Waals surface area contributed by atoms with Gasteiger partial charge < -0.3 is 15.2 Å². The fourth-order valence-corrected chi connectivity index (χ4v) is 3.14. The van der Waals surface area contributed by atoms with Crippen molar-refractivity contribution in [3.63, 3.8) is 0 Å². The number of carbonyl (C=O) groups excluding carboxylic acids is 2. The smallest absolute Gasteiger partial charge is 0.264 e. The highest BCUT2D eigenvalue weighted by Crippen LogP contribution is 2.23. The molecule has 0 aliphatic heterocycles. The molecule has 1 aliphatic rings. The van der Waals surface area contributed by atoms with E-state index in [0.717, 1.165) is 5.56 Å². The fraction of sp³-hybridized carbons (Fsp3) is 0.350. The molecule has 27 heavy (non-hydrogen) atoms. The van der Waals surface area contributed by atoms with E-state index in [-0.39, 0.29) is 36.1 Å². The van der Waals surface area contributed by atoms with Crippen molar-refractivity contribution >= 4 is 11.8 Å². The molecule has 1 saturated carbocycles. The van der Waals surface area contributed by atoms with E-state index in [1.54, 1.807) is 0 Å². The van der Waals surface area contributed by atoms with Crippen molar-refractivity contribution in [3.8, 4) is 0 Å². The number of aromatic nitrogens is 1. The minimum absolute atomic E-state index is 0.107. The predicted molar refractivity (Wildman–Crippen MR) is 99.7 cm³/mol. The first-order valence-corrected chi connectivity index (χ1v) is 8.88. The second kappa shape index (κ2) is 7.73. The number of pyridine rings is 1. The Morgan fingerprint density at radius 2 is 1.85 bits per heavy atom. The van der Waals surface area contributed by atoms with Crippen LogP contribution in [0.4, 0.5) is 4.39 Å². The second-order valence-electron chi connectivity index (χ2n) is 6.76. The largest absolute Gasteiger partial charge is 0.355 e. The molecule has 0 spiro atoms. The summed E-state index contributed by atoms with van der Waals surface area (Å²) in [4.78, 5) is 37.5. The number of hydrogen-bond donors (Lipinski definition) is 2. The molecule has 1 fully saturated rings. The minimum atomic E-state index is -0.885. The van der Waals surface area contributed by atoms with Crippen LogP contribution in [0.2, 0.25) is 0 Å². The first-order valence-electron chi connectivity index (χ1n) is 8.88. The fourth-order valence-electron chi connectivity index (χ4n) is 3.14. The van der Waals surface area contributed by atoms with Crippen LogP contribution in [-0.2, 0) is 0 Å². The molecule has 1 aromatic heterocycles. The average Bonchev–Trinajstić information content (AvgIpc) is 2.66. The van der Waals surface area contributed by atoms with Crippen LogP contribution in [0.25, 0.3) is 0 Å². The first kappa shape index (κ1) is 18.8. The van der Waals surface area contributed by atoms with Crippen LogP contribution in [0.5, 0.6) is 0 Å². The van der Waals surface area contributed by atoms with Crippen molar-refractivity contribution in [1.29, 1.82) is 0 Å². The van der Waals surface area contributed by atoms with Crippen molar-refractivity contribution in [2.45, 2.75) is 38.0 Å². The highest BCUT2D eigenvalue weighted by Gasteiger charge is 2.30. The summed E-state index contributed by atoms with van der Waals surface area (Å²) in [6, 6.07) is 10.0. The van der Waals surface area contributed by atoms with Crippen LogP contribution in [0.15, 0.2) is 47.4 Å². The maximum absolute atomic E-state index is 13.0. The summed E-state index contributed by atoms with van der Waals surface area (Å²) in [5.41, 5.74) is 0.484. The molecule has 1 aliphatic carbocycles. The van der Waals surface area contributed by atoms with Gasteiger partial charge in [-0.3, -0.25) is 14.4 Å². The maximum atomic E-state index is 13.0. The van der Waals surface area contributed by atoms with Gasteiger partial charge in [0.25, 0.3) is 17.4 Å². The van der Waals surface area contributed by atoms with Crippen LogP contribution in [-0.4, -0.2) is 35.6 Å². The Morgan fingerprint density at radius 3 is 2.44 bits per heavy atom. The van der Waals surface area contributed by atoms with Crippen LogP contribution in [0.1, 0.15) is 52.1 Å². The number of halogens is 1. The van der Waals surface area contributed by atoms with Crippen molar-refractivity contribution < 1.29 is 14.0 Å². The molecule has 142 valence electrons. The van der Waals surface area contributed by atoms with E-state index in [0.29, 0.717) is 0 Å². The summed E-state index contributed by atoms with van der Waals surface area (Å²) in [7, 11) is 1.43. The zero-order chi connectivity index (χ0) is 19.6. The van der Waals surface area contributed by atoms with E-state index in [9.17, 15) is 18.8 Å². The summed E-state index contributed by atoms with van der Waals surface area (Å²) in [6.07, 6.45) is 1.14. The Hall–Kier alpha value is -2.96. The molecule has 1 atom stereocenters. The topological polar surface area (TPSA) is 80.2 Å². The van der Waals surface area contributed by atoms with Crippen LogP contribution >= 0.6 is 0 Å². The van der Waals surface area contributed by atoms with Gasteiger partial charge in [-0.05, 0) is 31.4 Å². The van der Waals surface area contributed by atoms with Gasteiger partial charge in [0.15, 0.2) is 0 Å². The molecule has 1 aromatic carbocycles. The lowest BCUT2D eigenvalue weighted by Gasteiger charge is -2.30. The highest BCUT2D eigenvalue weighted by atomic mass is 19.1. The van der Waals surface area contributed by atoms with Crippen LogP contribution in [0.3, 0.4) is 0 Å². The molecule has 0 bridgehead atoms. The van der Waals surface area contributed by atoms with Crippen molar-refractivity contribution in [2.24, 2.45) is 0 Å². The molecular weight excluding hydrogens is 349 g/mol. The lowest BCUT2D eigenvalue weighted by atomic mass is 9.90. The van der Waals surface area contributed by atoms with Gasteiger partial charge in [0.05, 0.1) is 11.6 Å². The molecule has 0 unspecified atom stereocenters. The Bertz CT molecular complexity index is 904. The number of nitrogens with one attached hydrogen (secondary N) is 2. The minimum Gasteiger partial charge on any atom is -0.355 e. The quantitative estimate of drug-likeness (QED) is 0.844. The van der Waals surface area contributed by atoms with Gasteiger partial charge in [-0.15, -0.1) is 0 Å². The molecule has 1 heterocycles. The van der Waals surface area contributed by atoms with E-state index >= 15 is 0 Å². The van der Waals surface area contributed by atoms with Crippen LogP contribution < -0.4 is 16.2 Å². The van der Waals surface area contributed by atoms with Gasteiger partial charge in [0.2, 0.25) is 0 Å². The number of nitrogens with zero attached hydrogens (tertiary/aromatic N) is 1. The van der Waals surface area contributed by atoms with Crippen molar-refractivity contribution in [3.05, 3.63) is 69.6 Å². The number of carbonyl (C=O) groups is 2. The molecule has 2 aromatic rings. The number of alkyl halides is 1. The van der Waals surface area contributed by atoms with E-state index in [2.05, 4.69) is 10.6 Å². The van der Waals surface area contributed by atoms with E-state index < -0.39 is 23.5 Å². The lowest BCUT2D eigenvalue weighted by Crippen LogP contribution is -2.45. The second-order valence-corrected chi connectivity index (χ2v) is 6.76. The number of hydrogen-bond acceptors (Lipinski definition) is 3. The van der Waals surface area contributed by atoms with E-state index in [1.807, 2.05) is 37.3 Å². The third kappa shape index (κ3) is 3.92. The number of benzene rings is 1. The molecule has 6 nitrogen and oxygen atoms in total. The lowest BCUT2D eigenvalue weighted by molar-refractivity contribution is 0.0859. The number of amides is 2. The summed E-state index contributed by atoms with van der Waals surface area (Å²) in [5.74, 6) is -0.984. The summed E-state index contributed by atoms with van der Waals surface area (Å²) < 4.78 is 14.4. The van der Waals surface area contributed by atoms with E-state index in [4.69, 9.17) is 0 Å². The highest BCUT2D eigenvalue weighted by molar-refractivity contribution is 5.99. The summed E-state index contributed by atoms with van der Waals surface area (Å²) in [5, 5.41) is 5.18. The molecular formula is C20H22FN3O3. The van der Waals surface area contributed by atoms with Gasteiger partial charge in [-0.25, -0.2) is 4.39 Å². The summed E-state index contributed by atoms with van der Waals surface area (Å²) >= 11 is 0. The normalized spacial score (nSPS) is 19.7. The van der Waals surface area contributed by atoms with Crippen molar-refractivity contribution in [1.82, 2.24) is 15.2 Å². The molecule has 2 N–H and O–H groups in total. The predicted octanol–water partition coefficient (Wildman–Crippen LogP) is 2.05. The average molecular weight is 371 g/mol. The monoisotopic (exact) mass is 371 g/mol. The molecule has 3 rings (SSSR count). The Morgan fingerprint density at radius 1 is 1.19 bits per heavy atom. The maximum Gasteiger partial charge on any atom is 0.264 e. The zero-order valence-corrected chi connectivity index (χ0v) is 15.2. The van der Waals surface area contributed by atoms with Gasteiger partial charge in [-0.2, -0.15) is 0 Å². The SMILES string of the molecule is CNC(=O)c1cc(C(=O)NC2CC(F)C2)cn([C@H](C)c2ccccc2)c1=O. The Kier molecular flexibility index (Phi) is 5.39. The zero-order valence-electron chi connectivity index (χ0n) is 15.2.